The number of carbonyl (C=O) groups excluding carboxylic acids is 1. The minimum absolute atomic E-state index is 0.0195. The molecule has 3 nitrogen and oxygen atoms in total. The Kier molecular flexibility index (Phi) is 4.36. The first-order valence-electron chi connectivity index (χ1n) is 6.34. The molecule has 1 fully saturated rings. The van der Waals surface area contributed by atoms with E-state index in [0.29, 0.717) is 5.92 Å². The minimum Gasteiger partial charge on any atom is -0.355 e. The summed E-state index contributed by atoms with van der Waals surface area (Å²) in [6, 6.07) is 0.0359. The van der Waals surface area contributed by atoms with Gasteiger partial charge in [0, 0.05) is 12.6 Å². The van der Waals surface area contributed by atoms with Crippen LogP contribution in [-0.2, 0) is 4.79 Å². The van der Waals surface area contributed by atoms with Gasteiger partial charge in [-0.05, 0) is 24.2 Å². The van der Waals surface area contributed by atoms with Gasteiger partial charge < -0.3 is 11.1 Å². The minimum atomic E-state index is 0.0195. The summed E-state index contributed by atoms with van der Waals surface area (Å²) in [7, 11) is 0. The molecule has 94 valence electrons. The van der Waals surface area contributed by atoms with Gasteiger partial charge in [0.15, 0.2) is 0 Å². The third-order valence-corrected chi connectivity index (χ3v) is 3.43. The highest BCUT2D eigenvalue weighted by atomic mass is 16.1. The lowest BCUT2D eigenvalue weighted by molar-refractivity contribution is -0.127. The molecule has 3 heteroatoms. The van der Waals surface area contributed by atoms with Crippen molar-refractivity contribution >= 4 is 5.91 Å². The van der Waals surface area contributed by atoms with E-state index in [9.17, 15) is 4.79 Å². The van der Waals surface area contributed by atoms with Crippen LogP contribution in [-0.4, -0.2) is 18.5 Å². The number of amides is 1. The van der Waals surface area contributed by atoms with E-state index in [2.05, 4.69) is 33.0 Å². The fourth-order valence-electron chi connectivity index (χ4n) is 2.23. The van der Waals surface area contributed by atoms with Crippen molar-refractivity contribution < 1.29 is 4.79 Å². The molecule has 0 radical (unpaired) electrons. The van der Waals surface area contributed by atoms with Gasteiger partial charge in [0.1, 0.15) is 0 Å². The molecule has 3 atom stereocenters. The zero-order chi connectivity index (χ0) is 12.3. The molecule has 1 aliphatic carbocycles. The van der Waals surface area contributed by atoms with Gasteiger partial charge in [0.05, 0.1) is 5.92 Å². The Morgan fingerprint density at radius 3 is 2.56 bits per heavy atom. The van der Waals surface area contributed by atoms with Crippen LogP contribution in [0.25, 0.3) is 0 Å². The smallest absolute Gasteiger partial charge is 0.224 e. The Bertz CT molecular complexity index is 245. The molecule has 0 heterocycles. The molecular weight excluding hydrogens is 200 g/mol. The Balaban J connectivity index is 2.47. The molecule has 0 aromatic carbocycles. The van der Waals surface area contributed by atoms with Crippen LogP contribution >= 0.6 is 0 Å². The van der Waals surface area contributed by atoms with Gasteiger partial charge in [0.25, 0.3) is 0 Å². The molecule has 3 unspecified atom stereocenters. The van der Waals surface area contributed by atoms with Crippen molar-refractivity contribution in [2.45, 2.75) is 53.0 Å². The zero-order valence-electron chi connectivity index (χ0n) is 11.0. The second-order valence-corrected chi connectivity index (χ2v) is 6.37. The highest BCUT2D eigenvalue weighted by molar-refractivity contribution is 5.79. The Hall–Kier alpha value is -0.570. The van der Waals surface area contributed by atoms with Gasteiger partial charge in [-0.2, -0.15) is 0 Å². The van der Waals surface area contributed by atoms with Crippen LogP contribution in [0.15, 0.2) is 0 Å². The first-order valence-corrected chi connectivity index (χ1v) is 6.34. The molecule has 1 saturated carbocycles. The van der Waals surface area contributed by atoms with Crippen LogP contribution in [0.1, 0.15) is 47.0 Å². The second kappa shape index (κ2) is 5.17. The summed E-state index contributed by atoms with van der Waals surface area (Å²) in [5.41, 5.74) is 6.24. The van der Waals surface area contributed by atoms with Crippen LogP contribution in [0.4, 0.5) is 0 Å². The van der Waals surface area contributed by atoms with Gasteiger partial charge in [0.2, 0.25) is 5.91 Å². The van der Waals surface area contributed by atoms with Gasteiger partial charge in [-0.3, -0.25) is 4.79 Å². The first kappa shape index (κ1) is 13.5. The van der Waals surface area contributed by atoms with E-state index in [-0.39, 0.29) is 23.3 Å². The fourth-order valence-corrected chi connectivity index (χ4v) is 2.23. The quantitative estimate of drug-likeness (QED) is 0.755. The maximum absolute atomic E-state index is 12.0. The summed E-state index contributed by atoms with van der Waals surface area (Å²) < 4.78 is 0. The molecule has 0 aliphatic heterocycles. The largest absolute Gasteiger partial charge is 0.355 e. The summed E-state index contributed by atoms with van der Waals surface area (Å²) in [4.78, 5) is 12.0. The average Bonchev–Trinajstić information content (AvgIpc) is 2.17. The predicted molar refractivity (Wildman–Crippen MR) is 66.9 cm³/mol. The van der Waals surface area contributed by atoms with Crippen LogP contribution in [0, 0.1) is 17.3 Å². The monoisotopic (exact) mass is 226 g/mol. The van der Waals surface area contributed by atoms with Gasteiger partial charge in [-0.15, -0.1) is 0 Å². The molecule has 0 aromatic rings. The Labute approximate surface area is 99.2 Å². The van der Waals surface area contributed by atoms with Crippen LogP contribution in [0.3, 0.4) is 0 Å². The molecular formula is C13H26N2O. The molecule has 0 aromatic heterocycles. The molecule has 16 heavy (non-hydrogen) atoms. The third-order valence-electron chi connectivity index (χ3n) is 3.43. The maximum Gasteiger partial charge on any atom is 0.224 e. The highest BCUT2D eigenvalue weighted by Crippen LogP contribution is 2.28. The Morgan fingerprint density at radius 2 is 2.00 bits per heavy atom. The average molecular weight is 226 g/mol. The van der Waals surface area contributed by atoms with E-state index in [1.54, 1.807) is 0 Å². The second-order valence-electron chi connectivity index (χ2n) is 6.37. The van der Waals surface area contributed by atoms with Crippen molar-refractivity contribution in [3.8, 4) is 0 Å². The number of nitrogens with one attached hydrogen (secondary N) is 1. The van der Waals surface area contributed by atoms with Crippen molar-refractivity contribution in [3.63, 3.8) is 0 Å². The normalized spacial score (nSPS) is 31.2. The molecule has 0 spiro atoms. The van der Waals surface area contributed by atoms with Gasteiger partial charge in [-0.25, -0.2) is 0 Å². The molecule has 3 N–H and O–H groups in total. The van der Waals surface area contributed by atoms with Crippen LogP contribution < -0.4 is 11.1 Å². The van der Waals surface area contributed by atoms with E-state index in [4.69, 9.17) is 5.73 Å². The summed E-state index contributed by atoms with van der Waals surface area (Å²) in [5, 5.41) is 3.02. The van der Waals surface area contributed by atoms with Crippen molar-refractivity contribution in [1.29, 1.82) is 0 Å². The summed E-state index contributed by atoms with van der Waals surface area (Å²) in [6.07, 6.45) is 3.23. The molecule has 0 bridgehead atoms. The summed E-state index contributed by atoms with van der Waals surface area (Å²) in [5.74, 6) is 0.638. The Morgan fingerprint density at radius 1 is 1.38 bits per heavy atom. The van der Waals surface area contributed by atoms with E-state index < -0.39 is 0 Å². The maximum atomic E-state index is 12.0. The van der Waals surface area contributed by atoms with Gasteiger partial charge in [-0.1, -0.05) is 34.1 Å². The molecule has 0 saturated heterocycles. The number of carbonyl (C=O) groups is 1. The summed E-state index contributed by atoms with van der Waals surface area (Å²) >= 11 is 0. The molecule has 1 amide bonds. The van der Waals surface area contributed by atoms with E-state index in [0.717, 1.165) is 25.8 Å². The predicted octanol–water partition coefficient (Wildman–Crippen LogP) is 1.91. The number of nitrogens with two attached hydrogens (primary N) is 1. The lowest BCUT2D eigenvalue weighted by Gasteiger charge is -2.33. The van der Waals surface area contributed by atoms with Crippen molar-refractivity contribution in [2.24, 2.45) is 23.0 Å². The topological polar surface area (TPSA) is 55.1 Å². The SMILES string of the molecule is CC1CCCC(C(=O)NCC(C)(C)C)C1N. The lowest BCUT2D eigenvalue weighted by Crippen LogP contribution is -2.48. The van der Waals surface area contributed by atoms with Crippen molar-refractivity contribution in [3.05, 3.63) is 0 Å². The van der Waals surface area contributed by atoms with Crippen LogP contribution in [0.2, 0.25) is 0 Å². The first-order chi connectivity index (χ1) is 7.31. The standard InChI is InChI=1S/C13H26N2O/c1-9-6-5-7-10(11(9)14)12(16)15-8-13(2,3)4/h9-11H,5-8,14H2,1-4H3,(H,15,16). The van der Waals surface area contributed by atoms with Crippen LogP contribution in [0.5, 0.6) is 0 Å². The third kappa shape index (κ3) is 3.78. The van der Waals surface area contributed by atoms with E-state index in [1.165, 1.54) is 0 Å². The lowest BCUT2D eigenvalue weighted by atomic mass is 9.77. The molecule has 1 aliphatic rings. The highest BCUT2D eigenvalue weighted by Gasteiger charge is 2.32. The zero-order valence-corrected chi connectivity index (χ0v) is 11.0. The van der Waals surface area contributed by atoms with Gasteiger partial charge >= 0.3 is 0 Å². The fraction of sp³-hybridized carbons (Fsp3) is 0.923. The molecule has 1 rings (SSSR count). The summed E-state index contributed by atoms with van der Waals surface area (Å²) in [6.45, 7) is 9.24. The van der Waals surface area contributed by atoms with E-state index in [1.807, 2.05) is 0 Å². The van der Waals surface area contributed by atoms with E-state index >= 15 is 0 Å². The number of hydrogen-bond donors (Lipinski definition) is 2. The van der Waals surface area contributed by atoms with Crippen molar-refractivity contribution in [1.82, 2.24) is 5.32 Å². The number of rotatable bonds is 2. The van der Waals surface area contributed by atoms with Crippen molar-refractivity contribution in [2.75, 3.05) is 6.54 Å². The number of hydrogen-bond acceptors (Lipinski definition) is 2.